The predicted octanol–water partition coefficient (Wildman–Crippen LogP) is 3.05. The fourth-order valence-corrected chi connectivity index (χ4v) is 4.65. The van der Waals surface area contributed by atoms with E-state index < -0.39 is 12.3 Å². The molecule has 3 aromatic rings. The first-order valence-electron chi connectivity index (χ1n) is 9.31. The lowest BCUT2D eigenvalue weighted by atomic mass is 9.97. The lowest BCUT2D eigenvalue weighted by Gasteiger charge is -2.29. The van der Waals surface area contributed by atoms with Gasteiger partial charge in [0.1, 0.15) is 9.71 Å². The second-order valence-electron chi connectivity index (χ2n) is 7.01. The summed E-state index contributed by atoms with van der Waals surface area (Å²) in [6, 6.07) is 3.57. The van der Waals surface area contributed by atoms with Crippen LogP contribution in [0.25, 0.3) is 10.2 Å². The molecule has 0 aliphatic carbocycles. The van der Waals surface area contributed by atoms with Gasteiger partial charge in [-0.05, 0) is 11.6 Å². The summed E-state index contributed by atoms with van der Waals surface area (Å²) < 4.78 is 28.2. The molecule has 0 atom stereocenters. The van der Waals surface area contributed by atoms with Crippen LogP contribution in [0.2, 0.25) is 0 Å². The second kappa shape index (κ2) is 7.94. The highest BCUT2D eigenvalue weighted by Gasteiger charge is 2.31. The molecule has 0 unspecified atom stereocenters. The van der Waals surface area contributed by atoms with E-state index in [4.69, 9.17) is 5.73 Å². The molecule has 156 valence electrons. The van der Waals surface area contributed by atoms with Gasteiger partial charge in [-0.25, -0.2) is 13.8 Å². The highest BCUT2D eigenvalue weighted by atomic mass is 32.1. The molecule has 1 aliphatic heterocycles. The number of hydrogen-bond donors (Lipinski definition) is 2. The number of pyridine rings is 2. The molecule has 0 saturated carbocycles. The molecule has 4 rings (SSSR count). The molecule has 1 aliphatic rings. The normalized spacial score (nSPS) is 13.5. The maximum Gasteiger partial charge on any atom is 0.265 e. The minimum atomic E-state index is -2.81. The van der Waals surface area contributed by atoms with E-state index in [1.165, 1.54) is 11.8 Å². The van der Waals surface area contributed by atoms with Crippen molar-refractivity contribution < 1.29 is 18.4 Å². The number of nitrogens with two attached hydrogens (primary N) is 1. The highest BCUT2D eigenvalue weighted by Crippen LogP contribution is 2.42. The fourth-order valence-electron chi connectivity index (χ4n) is 3.60. The van der Waals surface area contributed by atoms with Gasteiger partial charge in [0.15, 0.2) is 0 Å². The summed E-state index contributed by atoms with van der Waals surface area (Å²) in [5.41, 5.74) is 7.57. The fraction of sp³-hybridized carbons (Fsp3) is 0.300. The number of halogens is 2. The zero-order valence-electron chi connectivity index (χ0n) is 16.1. The van der Waals surface area contributed by atoms with Crippen LogP contribution in [0, 0.1) is 0 Å². The van der Waals surface area contributed by atoms with E-state index in [9.17, 15) is 18.4 Å². The maximum atomic E-state index is 14.1. The molecule has 0 saturated heterocycles. The number of fused-ring (bicyclic) bond motifs is 2. The molecule has 3 N–H and O–H groups in total. The third-order valence-electron chi connectivity index (χ3n) is 5.12. The predicted molar refractivity (Wildman–Crippen MR) is 109 cm³/mol. The monoisotopic (exact) mass is 431 g/mol. The summed E-state index contributed by atoms with van der Waals surface area (Å²) in [5, 5.41) is 2.84. The van der Waals surface area contributed by atoms with Crippen molar-refractivity contribution in [3.63, 3.8) is 0 Å². The van der Waals surface area contributed by atoms with Gasteiger partial charge in [0, 0.05) is 67.6 Å². The van der Waals surface area contributed by atoms with Gasteiger partial charge in [0.2, 0.25) is 5.91 Å². The summed E-state index contributed by atoms with van der Waals surface area (Å²) in [7, 11) is 0. The van der Waals surface area contributed by atoms with Crippen LogP contribution in [0.1, 0.15) is 45.4 Å². The molecule has 10 heteroatoms. The van der Waals surface area contributed by atoms with Crippen LogP contribution in [-0.2, 0) is 24.3 Å². The Labute approximate surface area is 174 Å². The van der Waals surface area contributed by atoms with Gasteiger partial charge in [-0.3, -0.25) is 14.6 Å². The number of hydrogen-bond acceptors (Lipinski definition) is 6. The molecule has 0 aromatic carbocycles. The second-order valence-corrected chi connectivity index (χ2v) is 8.01. The van der Waals surface area contributed by atoms with E-state index in [0.29, 0.717) is 29.1 Å². The average molecular weight is 431 g/mol. The van der Waals surface area contributed by atoms with Gasteiger partial charge in [-0.1, -0.05) is 6.07 Å². The van der Waals surface area contributed by atoms with Crippen molar-refractivity contribution >= 4 is 39.1 Å². The van der Waals surface area contributed by atoms with Gasteiger partial charge in [-0.15, -0.1) is 11.3 Å². The van der Waals surface area contributed by atoms with Crippen molar-refractivity contribution in [3.05, 3.63) is 51.8 Å². The van der Waals surface area contributed by atoms with E-state index in [0.717, 1.165) is 16.9 Å². The molecule has 30 heavy (non-hydrogen) atoms. The number of rotatable bonds is 4. The van der Waals surface area contributed by atoms with E-state index in [1.807, 2.05) is 6.07 Å². The molecule has 2 amide bonds. The van der Waals surface area contributed by atoms with Crippen molar-refractivity contribution in [3.8, 4) is 0 Å². The number of aromatic nitrogens is 2. The Hall–Kier alpha value is -3.14. The number of nitrogens with one attached hydrogen (secondary N) is 1. The van der Waals surface area contributed by atoms with Crippen molar-refractivity contribution in [2.45, 2.75) is 32.9 Å². The van der Waals surface area contributed by atoms with Crippen LogP contribution in [0.15, 0.2) is 24.5 Å². The number of carbonyl (C=O) groups is 2. The molecule has 0 spiro atoms. The first-order valence-corrected chi connectivity index (χ1v) is 10.1. The van der Waals surface area contributed by atoms with Gasteiger partial charge < -0.3 is 16.0 Å². The van der Waals surface area contributed by atoms with Crippen molar-refractivity contribution in [1.82, 2.24) is 20.2 Å². The molecule has 3 aromatic heterocycles. The Morgan fingerprint density at radius 2 is 2.20 bits per heavy atom. The number of amides is 2. The molecular formula is C20H19F2N5O2S. The number of alkyl halides is 2. The Balaban J connectivity index is 1.74. The molecule has 0 radical (unpaired) electrons. The smallest absolute Gasteiger partial charge is 0.265 e. The summed E-state index contributed by atoms with van der Waals surface area (Å²) in [4.78, 5) is 34.9. The molecule has 0 bridgehead atoms. The molecule has 0 fully saturated rings. The summed E-state index contributed by atoms with van der Waals surface area (Å²) in [6.45, 7) is 2.12. The molecular weight excluding hydrogens is 412 g/mol. The van der Waals surface area contributed by atoms with Crippen LogP contribution in [-0.4, -0.2) is 33.2 Å². The quantitative estimate of drug-likeness (QED) is 0.661. The maximum absolute atomic E-state index is 14.1. The Bertz CT molecular complexity index is 1130. The van der Waals surface area contributed by atoms with E-state index in [2.05, 4.69) is 15.3 Å². The van der Waals surface area contributed by atoms with E-state index in [1.54, 1.807) is 18.5 Å². The lowest BCUT2D eigenvalue weighted by molar-refractivity contribution is -0.129. The van der Waals surface area contributed by atoms with E-state index >= 15 is 0 Å². The number of anilines is 1. The van der Waals surface area contributed by atoms with Gasteiger partial charge >= 0.3 is 0 Å². The van der Waals surface area contributed by atoms with Crippen molar-refractivity contribution in [2.75, 3.05) is 12.3 Å². The first kappa shape index (κ1) is 20.1. The Morgan fingerprint density at radius 1 is 1.40 bits per heavy atom. The van der Waals surface area contributed by atoms with Crippen molar-refractivity contribution in [1.29, 1.82) is 0 Å². The van der Waals surface area contributed by atoms with Crippen LogP contribution < -0.4 is 11.1 Å². The number of carbonyl (C=O) groups excluding carboxylic acids is 2. The van der Waals surface area contributed by atoms with Crippen LogP contribution in [0.5, 0.6) is 0 Å². The Kier molecular flexibility index (Phi) is 5.33. The number of nitrogens with zero attached hydrogens (tertiary/aromatic N) is 3. The zero-order valence-corrected chi connectivity index (χ0v) is 16.9. The zero-order chi connectivity index (χ0) is 21.4. The van der Waals surface area contributed by atoms with Crippen molar-refractivity contribution in [2.24, 2.45) is 0 Å². The summed E-state index contributed by atoms with van der Waals surface area (Å²) in [5.74, 6) is -0.641. The third-order valence-corrected chi connectivity index (χ3v) is 6.22. The SMILES string of the molecule is CC(=O)N1CCc2nc3sc(C(=O)NCc4cccnc4)c(N)c3c(C(F)F)c2C1. The van der Waals surface area contributed by atoms with Crippen LogP contribution >= 0.6 is 11.3 Å². The molecule has 4 heterocycles. The van der Waals surface area contributed by atoms with Gasteiger partial charge in [0.25, 0.3) is 12.3 Å². The number of nitrogen functional groups attached to an aromatic ring is 1. The lowest BCUT2D eigenvalue weighted by Crippen LogP contribution is -2.35. The van der Waals surface area contributed by atoms with Gasteiger partial charge in [0.05, 0.1) is 5.69 Å². The Morgan fingerprint density at radius 3 is 2.87 bits per heavy atom. The number of thiophene rings is 1. The van der Waals surface area contributed by atoms with Crippen LogP contribution in [0.3, 0.4) is 0 Å². The topological polar surface area (TPSA) is 101 Å². The van der Waals surface area contributed by atoms with Crippen LogP contribution in [0.4, 0.5) is 14.5 Å². The molecule has 7 nitrogen and oxygen atoms in total. The largest absolute Gasteiger partial charge is 0.397 e. The standard InChI is InChI=1S/C20H19F2N5O2S/c1-10(28)27-6-4-13-12(9-27)14(18(21)22)15-16(23)17(30-20(15)26-13)19(29)25-8-11-3-2-5-24-7-11/h2-3,5,7,18H,4,6,8-9,23H2,1H3,(H,25,29). The van der Waals surface area contributed by atoms with E-state index in [-0.39, 0.29) is 40.5 Å². The van der Waals surface area contributed by atoms with Gasteiger partial charge in [-0.2, -0.15) is 0 Å². The minimum absolute atomic E-state index is 0.00997. The third kappa shape index (κ3) is 3.58. The average Bonchev–Trinajstić information content (AvgIpc) is 3.06. The first-order chi connectivity index (χ1) is 14.4. The summed E-state index contributed by atoms with van der Waals surface area (Å²) in [6.07, 6.45) is 0.825. The summed E-state index contributed by atoms with van der Waals surface area (Å²) >= 11 is 1.00. The minimum Gasteiger partial charge on any atom is -0.397 e. The highest BCUT2D eigenvalue weighted by molar-refractivity contribution is 7.21.